The first kappa shape index (κ1) is 27.2. The lowest BCUT2D eigenvalue weighted by Gasteiger charge is -2.26. The molecule has 0 radical (unpaired) electrons. The van der Waals surface area contributed by atoms with Gasteiger partial charge in [-0.1, -0.05) is 58.6 Å². The Hall–Kier alpha value is -3.85. The van der Waals surface area contributed by atoms with Gasteiger partial charge >= 0.3 is 6.03 Å². The quantitative estimate of drug-likeness (QED) is 0.281. The molecule has 4 rings (SSSR count). The van der Waals surface area contributed by atoms with Crippen molar-refractivity contribution in [1.29, 1.82) is 0 Å². The van der Waals surface area contributed by atoms with Gasteiger partial charge < -0.3 is 10.1 Å². The molecule has 1 heterocycles. The van der Waals surface area contributed by atoms with Crippen LogP contribution in [0.4, 0.5) is 16.2 Å². The van der Waals surface area contributed by atoms with Crippen molar-refractivity contribution in [3.8, 4) is 5.75 Å². The van der Waals surface area contributed by atoms with Gasteiger partial charge in [-0.05, 0) is 67.4 Å². The molecule has 1 fully saturated rings. The minimum atomic E-state index is -0.904. The highest BCUT2D eigenvalue weighted by atomic mass is 35.5. The summed E-state index contributed by atoms with van der Waals surface area (Å²) in [5.74, 6) is -2.09. The zero-order valence-corrected chi connectivity index (χ0v) is 22.4. The van der Waals surface area contributed by atoms with Crippen LogP contribution in [0, 0.1) is 13.8 Å². The van der Waals surface area contributed by atoms with Gasteiger partial charge in [0.1, 0.15) is 5.57 Å². The third kappa shape index (κ3) is 5.99. The Kier molecular flexibility index (Phi) is 8.06. The van der Waals surface area contributed by atoms with E-state index in [-0.39, 0.29) is 33.7 Å². The SMILES string of the molecule is Cc1ccc(NC(=O)COc2c(Cl)cc(/C=C3\C(=O)NC(=O)N(c4cccc(Cl)c4)C3=O)cc2Cl)c(C)c1. The van der Waals surface area contributed by atoms with Gasteiger partial charge in [0.15, 0.2) is 12.4 Å². The molecule has 38 heavy (non-hydrogen) atoms. The van der Waals surface area contributed by atoms with Crippen LogP contribution in [0.1, 0.15) is 16.7 Å². The first-order valence-electron chi connectivity index (χ1n) is 11.2. The number of ether oxygens (including phenoxy) is 1. The maximum atomic E-state index is 13.1. The van der Waals surface area contributed by atoms with E-state index in [0.717, 1.165) is 16.0 Å². The summed E-state index contributed by atoms with van der Waals surface area (Å²) in [4.78, 5) is 51.1. The molecule has 11 heteroatoms. The summed E-state index contributed by atoms with van der Waals surface area (Å²) >= 11 is 18.7. The Balaban J connectivity index is 1.52. The van der Waals surface area contributed by atoms with Crippen LogP contribution in [0.25, 0.3) is 6.08 Å². The molecule has 0 unspecified atom stereocenters. The molecule has 0 spiro atoms. The predicted octanol–water partition coefficient (Wildman–Crippen LogP) is 5.95. The summed E-state index contributed by atoms with van der Waals surface area (Å²) in [5, 5.41) is 5.30. The average Bonchev–Trinajstić information content (AvgIpc) is 2.83. The molecular formula is C27H20Cl3N3O5. The summed E-state index contributed by atoms with van der Waals surface area (Å²) < 4.78 is 5.54. The minimum Gasteiger partial charge on any atom is -0.481 e. The molecule has 194 valence electrons. The topological polar surface area (TPSA) is 105 Å². The highest BCUT2D eigenvalue weighted by molar-refractivity contribution is 6.40. The Morgan fingerprint density at radius 3 is 2.37 bits per heavy atom. The smallest absolute Gasteiger partial charge is 0.335 e. The highest BCUT2D eigenvalue weighted by Gasteiger charge is 2.37. The molecule has 0 aromatic heterocycles. The van der Waals surface area contributed by atoms with Crippen LogP contribution >= 0.6 is 34.8 Å². The molecule has 1 saturated heterocycles. The first-order valence-corrected chi connectivity index (χ1v) is 12.3. The summed E-state index contributed by atoms with van der Waals surface area (Å²) in [6.45, 7) is 3.48. The molecule has 5 amide bonds. The van der Waals surface area contributed by atoms with Crippen LogP contribution in [0.5, 0.6) is 5.75 Å². The second kappa shape index (κ2) is 11.3. The minimum absolute atomic E-state index is 0.0510. The molecule has 0 atom stereocenters. The van der Waals surface area contributed by atoms with Crippen molar-refractivity contribution in [1.82, 2.24) is 5.32 Å². The third-order valence-electron chi connectivity index (χ3n) is 5.50. The monoisotopic (exact) mass is 571 g/mol. The number of carbonyl (C=O) groups excluding carboxylic acids is 4. The second-order valence-corrected chi connectivity index (χ2v) is 9.66. The van der Waals surface area contributed by atoms with Crippen molar-refractivity contribution in [3.63, 3.8) is 0 Å². The summed E-state index contributed by atoms with van der Waals surface area (Å²) in [7, 11) is 0. The van der Waals surface area contributed by atoms with E-state index in [2.05, 4.69) is 10.6 Å². The molecule has 8 nitrogen and oxygen atoms in total. The van der Waals surface area contributed by atoms with Crippen molar-refractivity contribution in [2.45, 2.75) is 13.8 Å². The van der Waals surface area contributed by atoms with E-state index < -0.39 is 23.8 Å². The lowest BCUT2D eigenvalue weighted by Crippen LogP contribution is -2.54. The summed E-state index contributed by atoms with van der Waals surface area (Å²) in [5.41, 5.74) is 2.80. The van der Waals surface area contributed by atoms with Crippen molar-refractivity contribution >= 4 is 76.0 Å². The molecule has 0 saturated carbocycles. The van der Waals surface area contributed by atoms with E-state index in [1.54, 1.807) is 18.2 Å². The molecule has 3 aromatic rings. The number of nitrogens with zero attached hydrogens (tertiary/aromatic N) is 1. The number of aryl methyl sites for hydroxylation is 2. The molecule has 1 aliphatic heterocycles. The Bertz CT molecular complexity index is 1500. The number of carbonyl (C=O) groups is 4. The number of benzene rings is 3. The predicted molar refractivity (Wildman–Crippen MR) is 147 cm³/mol. The van der Waals surface area contributed by atoms with Gasteiger partial charge in [0.2, 0.25) is 0 Å². The van der Waals surface area contributed by atoms with Crippen LogP contribution in [0.15, 0.2) is 60.2 Å². The van der Waals surface area contributed by atoms with Crippen LogP contribution in [-0.4, -0.2) is 30.4 Å². The van der Waals surface area contributed by atoms with Crippen LogP contribution in [-0.2, 0) is 14.4 Å². The standard InChI is InChI=1S/C27H20Cl3N3O5/c1-14-6-7-22(15(2)8-14)31-23(34)13-38-24-20(29)10-16(11-21(24)30)9-19-25(35)32-27(37)33(26(19)36)18-5-3-4-17(28)12-18/h3-12H,13H2,1-2H3,(H,31,34)(H,32,35,37)/b19-9+. The number of nitrogens with one attached hydrogen (secondary N) is 2. The van der Waals surface area contributed by atoms with Crippen LogP contribution in [0.2, 0.25) is 15.1 Å². The number of anilines is 2. The van der Waals surface area contributed by atoms with E-state index >= 15 is 0 Å². The third-order valence-corrected chi connectivity index (χ3v) is 6.30. The van der Waals surface area contributed by atoms with Gasteiger partial charge in [0.25, 0.3) is 17.7 Å². The number of amides is 5. The average molecular weight is 573 g/mol. The molecule has 3 aromatic carbocycles. The lowest BCUT2D eigenvalue weighted by atomic mass is 10.1. The highest BCUT2D eigenvalue weighted by Crippen LogP contribution is 2.35. The van der Waals surface area contributed by atoms with E-state index in [9.17, 15) is 19.2 Å². The molecule has 0 aliphatic carbocycles. The largest absolute Gasteiger partial charge is 0.481 e. The number of imide groups is 2. The van der Waals surface area contributed by atoms with Crippen LogP contribution < -0.4 is 20.3 Å². The number of rotatable bonds is 6. The Morgan fingerprint density at radius 1 is 1.00 bits per heavy atom. The fourth-order valence-electron chi connectivity index (χ4n) is 3.75. The van der Waals surface area contributed by atoms with Gasteiger partial charge in [-0.3, -0.25) is 19.7 Å². The number of hydrogen-bond donors (Lipinski definition) is 2. The van der Waals surface area contributed by atoms with E-state index in [4.69, 9.17) is 39.5 Å². The van der Waals surface area contributed by atoms with E-state index in [1.165, 1.54) is 30.3 Å². The Morgan fingerprint density at radius 2 is 1.71 bits per heavy atom. The first-order chi connectivity index (χ1) is 18.0. The fraction of sp³-hybridized carbons (Fsp3) is 0.111. The van der Waals surface area contributed by atoms with Crippen molar-refractivity contribution in [2.75, 3.05) is 16.8 Å². The van der Waals surface area contributed by atoms with Crippen molar-refractivity contribution < 1.29 is 23.9 Å². The molecular weight excluding hydrogens is 553 g/mol. The van der Waals surface area contributed by atoms with Gasteiger partial charge in [-0.2, -0.15) is 0 Å². The molecule has 0 bridgehead atoms. The van der Waals surface area contributed by atoms with Gasteiger partial charge in [0, 0.05) is 10.7 Å². The number of hydrogen-bond acceptors (Lipinski definition) is 5. The second-order valence-electron chi connectivity index (χ2n) is 8.41. The van der Waals surface area contributed by atoms with E-state index in [1.807, 2.05) is 26.0 Å². The van der Waals surface area contributed by atoms with Gasteiger partial charge in [-0.15, -0.1) is 0 Å². The molecule has 1 aliphatic rings. The fourth-order valence-corrected chi connectivity index (χ4v) is 4.55. The maximum Gasteiger partial charge on any atom is 0.335 e. The summed E-state index contributed by atoms with van der Waals surface area (Å²) in [6, 6.07) is 13.6. The lowest BCUT2D eigenvalue weighted by molar-refractivity contribution is -0.122. The maximum absolute atomic E-state index is 13.1. The van der Waals surface area contributed by atoms with Crippen LogP contribution in [0.3, 0.4) is 0 Å². The van der Waals surface area contributed by atoms with Gasteiger partial charge in [0.05, 0.1) is 15.7 Å². The van der Waals surface area contributed by atoms with Gasteiger partial charge in [-0.25, -0.2) is 9.69 Å². The zero-order chi connectivity index (χ0) is 27.6. The number of barbiturate groups is 1. The van der Waals surface area contributed by atoms with E-state index in [0.29, 0.717) is 16.3 Å². The Labute approximate surface area is 233 Å². The zero-order valence-electron chi connectivity index (χ0n) is 20.1. The number of halogens is 3. The van der Waals surface area contributed by atoms with Crippen molar-refractivity contribution in [3.05, 3.63) is 91.9 Å². The molecule has 2 N–H and O–H groups in total. The number of urea groups is 1. The van der Waals surface area contributed by atoms with Crippen molar-refractivity contribution in [2.24, 2.45) is 0 Å². The summed E-state index contributed by atoms with van der Waals surface area (Å²) in [6.07, 6.45) is 1.25. The normalized spacial score (nSPS) is 14.5.